The lowest BCUT2D eigenvalue weighted by Gasteiger charge is -2.11. The second-order valence-electron chi connectivity index (χ2n) is 3.22. The van der Waals surface area contributed by atoms with Crippen LogP contribution in [-0.2, 0) is 9.59 Å². The van der Waals surface area contributed by atoms with Crippen LogP contribution < -0.4 is 10.6 Å². The van der Waals surface area contributed by atoms with Gasteiger partial charge in [0.1, 0.15) is 0 Å². The number of hydrogen-bond acceptors (Lipinski definition) is 4. The number of hydrogen-bond donors (Lipinski definition) is 4. The molecule has 1 rings (SSSR count). The zero-order chi connectivity index (χ0) is 13.7. The number of carbonyl (C=O) groups excluding carboxylic acids is 2. The lowest BCUT2D eigenvalue weighted by Crippen LogP contribution is -2.15. The van der Waals surface area contributed by atoms with Crippen LogP contribution in [0.3, 0.4) is 0 Å². The Morgan fingerprint density at radius 3 is 1.56 bits per heavy atom. The van der Waals surface area contributed by atoms with E-state index < -0.39 is 0 Å². The van der Waals surface area contributed by atoms with Gasteiger partial charge in [-0.2, -0.15) is 25.3 Å². The largest absolute Gasteiger partial charge is 0.324 e. The quantitative estimate of drug-likeness (QED) is 0.644. The number of rotatable bonds is 4. The summed E-state index contributed by atoms with van der Waals surface area (Å²) in [5.41, 5.74) is 0.731. The zero-order valence-corrected chi connectivity index (χ0v) is 12.3. The van der Waals surface area contributed by atoms with E-state index in [-0.39, 0.29) is 33.4 Å². The van der Waals surface area contributed by atoms with Crippen molar-refractivity contribution in [3.8, 4) is 0 Å². The van der Waals surface area contributed by atoms with Gasteiger partial charge in [-0.15, -0.1) is 0 Å². The average Bonchev–Trinajstić information content (AvgIpc) is 2.34. The maximum Gasteiger partial charge on any atom is 0.234 e. The molecule has 2 amide bonds. The molecule has 0 heterocycles. The summed E-state index contributed by atoms with van der Waals surface area (Å²) in [5.74, 6) is -0.537. The van der Waals surface area contributed by atoms with E-state index in [0.29, 0.717) is 11.4 Å². The van der Waals surface area contributed by atoms with Crippen LogP contribution in [0.25, 0.3) is 0 Å². The Bertz CT molecular complexity index is 439. The Hall–Kier alpha value is -0.560. The van der Waals surface area contributed by atoms with Gasteiger partial charge >= 0.3 is 0 Å². The van der Waals surface area contributed by atoms with E-state index in [9.17, 15) is 9.59 Å². The van der Waals surface area contributed by atoms with Gasteiger partial charge in [0.25, 0.3) is 0 Å². The molecule has 0 radical (unpaired) electrons. The maximum atomic E-state index is 11.2. The first-order valence-electron chi connectivity index (χ1n) is 4.78. The summed E-state index contributed by atoms with van der Waals surface area (Å²) in [5, 5.41) is 5.61. The van der Waals surface area contributed by atoms with Crippen molar-refractivity contribution >= 4 is 71.6 Å². The molecule has 8 heteroatoms. The van der Waals surface area contributed by atoms with Crippen LogP contribution in [0.2, 0.25) is 10.0 Å². The van der Waals surface area contributed by atoms with Crippen molar-refractivity contribution in [2.24, 2.45) is 0 Å². The number of halogens is 2. The molecule has 0 aromatic heterocycles. The van der Waals surface area contributed by atoms with E-state index in [2.05, 4.69) is 35.9 Å². The molecule has 4 nitrogen and oxygen atoms in total. The van der Waals surface area contributed by atoms with Gasteiger partial charge in [0.15, 0.2) is 0 Å². The first-order valence-corrected chi connectivity index (χ1v) is 6.80. The predicted molar refractivity (Wildman–Crippen MR) is 81.4 cm³/mol. The van der Waals surface area contributed by atoms with Crippen molar-refractivity contribution in [1.29, 1.82) is 0 Å². The number of thiol groups is 2. The van der Waals surface area contributed by atoms with Gasteiger partial charge in [-0.1, -0.05) is 23.2 Å². The molecule has 2 N–H and O–H groups in total. The van der Waals surface area contributed by atoms with Crippen molar-refractivity contribution in [3.63, 3.8) is 0 Å². The summed E-state index contributed by atoms with van der Waals surface area (Å²) in [6.07, 6.45) is 0. The SMILES string of the molecule is O=C(CS)Nc1cc(Cl)c(NC(=O)CS)cc1Cl. The molecule has 0 bridgehead atoms. The molecule has 0 saturated heterocycles. The summed E-state index contributed by atoms with van der Waals surface area (Å²) >= 11 is 19.6. The molecule has 0 atom stereocenters. The summed E-state index contributed by atoms with van der Waals surface area (Å²) in [7, 11) is 0. The van der Waals surface area contributed by atoms with Crippen LogP contribution in [0.15, 0.2) is 12.1 Å². The molecular formula is C10H10Cl2N2O2S2. The molecule has 0 fully saturated rings. The number of carbonyl (C=O) groups is 2. The van der Waals surface area contributed by atoms with Crippen LogP contribution in [0.1, 0.15) is 0 Å². The molecule has 0 aliphatic rings. The van der Waals surface area contributed by atoms with Crippen molar-refractivity contribution < 1.29 is 9.59 Å². The van der Waals surface area contributed by atoms with Crippen molar-refractivity contribution in [2.45, 2.75) is 0 Å². The van der Waals surface area contributed by atoms with Gasteiger partial charge < -0.3 is 10.6 Å². The molecule has 1 aromatic carbocycles. The third kappa shape index (κ3) is 4.28. The Morgan fingerprint density at radius 1 is 0.944 bits per heavy atom. The molecule has 0 spiro atoms. The third-order valence-corrected chi connectivity index (χ3v) is 3.09. The van der Waals surface area contributed by atoms with E-state index in [0.717, 1.165) is 0 Å². The number of nitrogens with one attached hydrogen (secondary N) is 2. The lowest BCUT2D eigenvalue weighted by atomic mass is 10.2. The number of anilines is 2. The van der Waals surface area contributed by atoms with Gasteiger partial charge in [-0.3, -0.25) is 9.59 Å². The van der Waals surface area contributed by atoms with Gasteiger partial charge in [-0.05, 0) is 12.1 Å². The van der Waals surface area contributed by atoms with Gasteiger partial charge in [0.2, 0.25) is 11.8 Å². The normalized spacial score (nSPS) is 10.0. The summed E-state index contributed by atoms with van der Waals surface area (Å²) in [4.78, 5) is 22.4. The first-order chi connectivity index (χ1) is 8.47. The second-order valence-corrected chi connectivity index (χ2v) is 4.67. The highest BCUT2D eigenvalue weighted by atomic mass is 35.5. The van der Waals surface area contributed by atoms with E-state index in [1.165, 1.54) is 12.1 Å². The Kier molecular flexibility index (Phi) is 6.14. The number of benzene rings is 1. The fraction of sp³-hybridized carbons (Fsp3) is 0.200. The van der Waals surface area contributed by atoms with Gasteiger partial charge in [0, 0.05) is 0 Å². The molecule has 0 saturated carbocycles. The average molecular weight is 325 g/mol. The zero-order valence-electron chi connectivity index (χ0n) is 9.04. The first kappa shape index (κ1) is 15.5. The Balaban J connectivity index is 2.96. The predicted octanol–water partition coefficient (Wildman–Crippen LogP) is 2.73. The molecular weight excluding hydrogens is 315 g/mol. The molecule has 18 heavy (non-hydrogen) atoms. The van der Waals surface area contributed by atoms with Gasteiger partial charge in [-0.25, -0.2) is 0 Å². The van der Waals surface area contributed by atoms with E-state index in [1.807, 2.05) is 0 Å². The Morgan fingerprint density at radius 2 is 1.28 bits per heavy atom. The van der Waals surface area contributed by atoms with Crippen LogP contribution in [0.4, 0.5) is 11.4 Å². The minimum absolute atomic E-state index is 0.0338. The smallest absolute Gasteiger partial charge is 0.234 e. The lowest BCUT2D eigenvalue weighted by molar-refractivity contribution is -0.114. The van der Waals surface area contributed by atoms with Crippen molar-refractivity contribution in [3.05, 3.63) is 22.2 Å². The highest BCUT2D eigenvalue weighted by Crippen LogP contribution is 2.32. The van der Waals surface area contributed by atoms with E-state index in [4.69, 9.17) is 23.2 Å². The van der Waals surface area contributed by atoms with E-state index in [1.54, 1.807) is 0 Å². The third-order valence-electron chi connectivity index (χ3n) is 1.89. The summed E-state index contributed by atoms with van der Waals surface area (Å²) in [6.45, 7) is 0. The fourth-order valence-electron chi connectivity index (χ4n) is 1.12. The minimum atomic E-state index is -0.302. The van der Waals surface area contributed by atoms with Crippen molar-refractivity contribution in [2.75, 3.05) is 22.1 Å². The minimum Gasteiger partial charge on any atom is -0.324 e. The van der Waals surface area contributed by atoms with Crippen LogP contribution >= 0.6 is 48.5 Å². The second kappa shape index (κ2) is 7.13. The highest BCUT2D eigenvalue weighted by molar-refractivity contribution is 7.81. The molecule has 0 aliphatic carbocycles. The van der Waals surface area contributed by atoms with Crippen LogP contribution in [0, 0.1) is 0 Å². The standard InChI is InChI=1S/C10H10Cl2N2O2S2/c11-5-1-7(13-9(15)3-17)6(12)2-8(5)14-10(16)4-18/h1-2,17-18H,3-4H2,(H,13,15)(H,14,16). The fourth-order valence-corrected chi connectivity index (χ4v) is 1.70. The Labute approximate surface area is 125 Å². The summed E-state index contributed by atoms with van der Waals surface area (Å²) in [6, 6.07) is 2.92. The van der Waals surface area contributed by atoms with E-state index >= 15 is 0 Å². The summed E-state index contributed by atoms with van der Waals surface area (Å²) < 4.78 is 0. The maximum absolute atomic E-state index is 11.2. The molecule has 98 valence electrons. The van der Waals surface area contributed by atoms with Crippen molar-refractivity contribution in [1.82, 2.24) is 0 Å². The van der Waals surface area contributed by atoms with Crippen LogP contribution in [-0.4, -0.2) is 23.3 Å². The molecule has 1 aromatic rings. The topological polar surface area (TPSA) is 58.2 Å². The molecule has 0 aliphatic heterocycles. The van der Waals surface area contributed by atoms with Crippen LogP contribution in [0.5, 0.6) is 0 Å². The number of amides is 2. The highest BCUT2D eigenvalue weighted by Gasteiger charge is 2.11. The van der Waals surface area contributed by atoms with Gasteiger partial charge in [0.05, 0.1) is 32.9 Å². The molecule has 0 unspecified atom stereocenters. The monoisotopic (exact) mass is 324 g/mol.